The second kappa shape index (κ2) is 6.11. The van der Waals surface area contributed by atoms with E-state index in [4.69, 9.17) is 0 Å². The summed E-state index contributed by atoms with van der Waals surface area (Å²) in [5.74, 6) is 0.292. The topological polar surface area (TPSA) is 32.3 Å². The van der Waals surface area contributed by atoms with Gasteiger partial charge in [-0.3, -0.25) is 4.79 Å². The van der Waals surface area contributed by atoms with Crippen molar-refractivity contribution in [2.75, 3.05) is 13.1 Å². The minimum absolute atomic E-state index is 0.292. The van der Waals surface area contributed by atoms with Gasteiger partial charge in [-0.15, -0.1) is 0 Å². The Hall–Kier alpha value is -0.570. The molecule has 1 aliphatic rings. The van der Waals surface area contributed by atoms with Crippen LogP contribution in [0.25, 0.3) is 0 Å². The average molecular weight is 212 g/mol. The quantitative estimate of drug-likeness (QED) is 0.697. The SMILES string of the molecule is CCCN(C(=O)CCNC1CC1)C(C)C. The Labute approximate surface area is 93.2 Å². The highest BCUT2D eigenvalue weighted by atomic mass is 16.2. The van der Waals surface area contributed by atoms with E-state index in [2.05, 4.69) is 26.1 Å². The summed E-state index contributed by atoms with van der Waals surface area (Å²) in [7, 11) is 0. The van der Waals surface area contributed by atoms with Crippen LogP contribution in [0.4, 0.5) is 0 Å². The lowest BCUT2D eigenvalue weighted by Gasteiger charge is -2.26. The van der Waals surface area contributed by atoms with Gasteiger partial charge in [0.05, 0.1) is 0 Å². The molecule has 0 heterocycles. The first-order valence-electron chi connectivity index (χ1n) is 6.18. The molecule has 1 N–H and O–H groups in total. The lowest BCUT2D eigenvalue weighted by Crippen LogP contribution is -2.39. The van der Waals surface area contributed by atoms with Gasteiger partial charge >= 0.3 is 0 Å². The molecule has 1 fully saturated rings. The summed E-state index contributed by atoms with van der Waals surface area (Å²) in [6.07, 6.45) is 4.27. The van der Waals surface area contributed by atoms with Crippen molar-refractivity contribution in [2.24, 2.45) is 0 Å². The van der Waals surface area contributed by atoms with E-state index in [1.165, 1.54) is 12.8 Å². The van der Waals surface area contributed by atoms with Gasteiger partial charge in [0, 0.05) is 31.6 Å². The molecule has 0 radical (unpaired) electrons. The lowest BCUT2D eigenvalue weighted by atomic mass is 10.2. The Bertz CT molecular complexity index is 200. The van der Waals surface area contributed by atoms with Gasteiger partial charge in [0.15, 0.2) is 0 Å². The van der Waals surface area contributed by atoms with Gasteiger partial charge in [0.1, 0.15) is 0 Å². The van der Waals surface area contributed by atoms with Crippen molar-refractivity contribution < 1.29 is 4.79 Å². The predicted octanol–water partition coefficient (Wildman–Crippen LogP) is 1.78. The second-order valence-corrected chi connectivity index (χ2v) is 4.66. The molecule has 0 atom stereocenters. The van der Waals surface area contributed by atoms with Gasteiger partial charge in [-0.25, -0.2) is 0 Å². The Morgan fingerprint density at radius 2 is 2.13 bits per heavy atom. The molecule has 0 unspecified atom stereocenters. The summed E-state index contributed by atoms with van der Waals surface area (Å²) < 4.78 is 0. The predicted molar refractivity (Wildman–Crippen MR) is 62.8 cm³/mol. The Kier molecular flexibility index (Phi) is 5.09. The first kappa shape index (κ1) is 12.5. The smallest absolute Gasteiger partial charge is 0.224 e. The highest BCUT2D eigenvalue weighted by Crippen LogP contribution is 2.18. The summed E-state index contributed by atoms with van der Waals surface area (Å²) in [5, 5.41) is 3.38. The first-order chi connectivity index (χ1) is 7.15. The summed E-state index contributed by atoms with van der Waals surface area (Å²) >= 11 is 0. The molecule has 0 spiro atoms. The van der Waals surface area contributed by atoms with Gasteiger partial charge in [0.2, 0.25) is 5.91 Å². The third kappa shape index (κ3) is 4.65. The Morgan fingerprint density at radius 3 is 2.60 bits per heavy atom. The summed E-state index contributed by atoms with van der Waals surface area (Å²) in [5.41, 5.74) is 0. The molecule has 0 aromatic rings. The van der Waals surface area contributed by atoms with Crippen molar-refractivity contribution in [1.82, 2.24) is 10.2 Å². The second-order valence-electron chi connectivity index (χ2n) is 4.66. The molecule has 1 saturated carbocycles. The van der Waals surface area contributed by atoms with Gasteiger partial charge < -0.3 is 10.2 Å². The number of hydrogen-bond donors (Lipinski definition) is 1. The summed E-state index contributed by atoms with van der Waals surface area (Å²) in [6.45, 7) is 8.02. The summed E-state index contributed by atoms with van der Waals surface area (Å²) in [6, 6.07) is 1.04. The molecule has 3 heteroatoms. The molecule has 0 aromatic carbocycles. The summed E-state index contributed by atoms with van der Waals surface area (Å²) in [4.78, 5) is 13.8. The van der Waals surface area contributed by atoms with Gasteiger partial charge in [0.25, 0.3) is 0 Å². The Morgan fingerprint density at radius 1 is 1.47 bits per heavy atom. The van der Waals surface area contributed by atoms with Gasteiger partial charge in [-0.2, -0.15) is 0 Å². The maximum absolute atomic E-state index is 11.9. The normalized spacial score (nSPS) is 15.7. The van der Waals surface area contributed by atoms with Crippen LogP contribution in [-0.2, 0) is 4.79 Å². The molecule has 15 heavy (non-hydrogen) atoms. The van der Waals surface area contributed by atoms with Crippen LogP contribution in [0.1, 0.15) is 46.5 Å². The van der Waals surface area contributed by atoms with Crippen molar-refractivity contribution in [3.8, 4) is 0 Å². The number of nitrogens with one attached hydrogen (secondary N) is 1. The number of nitrogens with zero attached hydrogens (tertiary/aromatic N) is 1. The van der Waals surface area contributed by atoms with Crippen LogP contribution in [0.3, 0.4) is 0 Å². The standard InChI is InChI=1S/C12H24N2O/c1-4-9-14(10(2)3)12(15)7-8-13-11-5-6-11/h10-11,13H,4-9H2,1-3H3. The fourth-order valence-electron chi connectivity index (χ4n) is 1.73. The van der Waals surface area contributed by atoms with Crippen LogP contribution in [-0.4, -0.2) is 36.0 Å². The van der Waals surface area contributed by atoms with Crippen molar-refractivity contribution in [3.05, 3.63) is 0 Å². The minimum atomic E-state index is 0.292. The van der Waals surface area contributed by atoms with Gasteiger partial charge in [-0.1, -0.05) is 6.92 Å². The molecular formula is C12H24N2O. The van der Waals surface area contributed by atoms with Crippen LogP contribution >= 0.6 is 0 Å². The first-order valence-corrected chi connectivity index (χ1v) is 6.18. The molecule has 0 aliphatic heterocycles. The highest BCUT2D eigenvalue weighted by Gasteiger charge is 2.21. The lowest BCUT2D eigenvalue weighted by molar-refractivity contribution is -0.132. The number of rotatable bonds is 7. The average Bonchev–Trinajstić information content (AvgIpc) is 2.97. The van der Waals surface area contributed by atoms with E-state index in [-0.39, 0.29) is 0 Å². The van der Waals surface area contributed by atoms with Crippen LogP contribution < -0.4 is 5.32 Å². The molecule has 0 saturated heterocycles. The fraction of sp³-hybridized carbons (Fsp3) is 0.917. The highest BCUT2D eigenvalue weighted by molar-refractivity contribution is 5.76. The molecule has 0 aromatic heterocycles. The maximum atomic E-state index is 11.9. The van der Waals surface area contributed by atoms with E-state index in [1.54, 1.807) is 0 Å². The van der Waals surface area contributed by atoms with E-state index >= 15 is 0 Å². The van der Waals surface area contributed by atoms with E-state index < -0.39 is 0 Å². The monoisotopic (exact) mass is 212 g/mol. The van der Waals surface area contributed by atoms with Crippen molar-refractivity contribution in [1.29, 1.82) is 0 Å². The Balaban J connectivity index is 2.20. The van der Waals surface area contributed by atoms with Crippen molar-refractivity contribution >= 4 is 5.91 Å². The molecule has 0 bridgehead atoms. The number of carbonyl (C=O) groups excluding carboxylic acids is 1. The molecule has 1 amide bonds. The zero-order chi connectivity index (χ0) is 11.3. The van der Waals surface area contributed by atoms with Crippen molar-refractivity contribution in [2.45, 2.75) is 58.5 Å². The van der Waals surface area contributed by atoms with Crippen LogP contribution in [0.15, 0.2) is 0 Å². The third-order valence-electron chi connectivity index (χ3n) is 2.76. The molecule has 3 nitrogen and oxygen atoms in total. The number of amides is 1. The molecular weight excluding hydrogens is 188 g/mol. The molecule has 1 rings (SSSR count). The molecule has 88 valence electrons. The fourth-order valence-corrected chi connectivity index (χ4v) is 1.73. The van der Waals surface area contributed by atoms with Crippen LogP contribution in [0.2, 0.25) is 0 Å². The maximum Gasteiger partial charge on any atom is 0.224 e. The van der Waals surface area contributed by atoms with Gasteiger partial charge in [-0.05, 0) is 33.1 Å². The number of carbonyl (C=O) groups is 1. The molecule has 1 aliphatic carbocycles. The third-order valence-corrected chi connectivity index (χ3v) is 2.76. The van der Waals surface area contributed by atoms with E-state index in [1.807, 2.05) is 4.90 Å². The van der Waals surface area contributed by atoms with E-state index in [9.17, 15) is 4.79 Å². The van der Waals surface area contributed by atoms with Crippen LogP contribution in [0.5, 0.6) is 0 Å². The number of hydrogen-bond acceptors (Lipinski definition) is 2. The van der Waals surface area contributed by atoms with Crippen LogP contribution in [0, 0.1) is 0 Å². The van der Waals surface area contributed by atoms with Crippen molar-refractivity contribution in [3.63, 3.8) is 0 Å². The minimum Gasteiger partial charge on any atom is -0.340 e. The van der Waals surface area contributed by atoms with E-state index in [0.29, 0.717) is 24.4 Å². The van der Waals surface area contributed by atoms with E-state index in [0.717, 1.165) is 19.5 Å². The largest absolute Gasteiger partial charge is 0.340 e. The zero-order valence-electron chi connectivity index (χ0n) is 10.3. The zero-order valence-corrected chi connectivity index (χ0v) is 10.3.